The molecule has 0 saturated carbocycles. The molecule has 0 saturated heterocycles. The summed E-state index contributed by atoms with van der Waals surface area (Å²) in [6.45, 7) is 5.99. The molecule has 128 valence electrons. The number of primary amides is 1. The molecular formula is C17H23N5O2. The number of carbonyl (C=O) groups is 2. The Hall–Kier alpha value is -2.70. The van der Waals surface area contributed by atoms with Gasteiger partial charge in [-0.05, 0) is 37.5 Å². The summed E-state index contributed by atoms with van der Waals surface area (Å²) in [5.74, 6) is -0.483. The first-order valence-corrected chi connectivity index (χ1v) is 8.09. The van der Waals surface area contributed by atoms with E-state index in [0.29, 0.717) is 0 Å². The summed E-state index contributed by atoms with van der Waals surface area (Å²) in [7, 11) is 0. The lowest BCUT2D eigenvalue weighted by atomic mass is 10.0. The quantitative estimate of drug-likeness (QED) is 0.810. The first-order valence-electron chi connectivity index (χ1n) is 8.09. The number of nitrogens with two attached hydrogens (primary N) is 1. The highest BCUT2D eigenvalue weighted by atomic mass is 16.2. The third-order valence-electron chi connectivity index (χ3n) is 4.12. The number of nitrogens with zero attached hydrogens (tertiary/aromatic N) is 3. The van der Waals surface area contributed by atoms with Gasteiger partial charge in [0.1, 0.15) is 0 Å². The predicted molar refractivity (Wildman–Crippen MR) is 90.5 cm³/mol. The fraction of sp³-hybridized carbons (Fsp3) is 0.412. The van der Waals surface area contributed by atoms with Gasteiger partial charge in [-0.25, -0.2) is 4.68 Å². The van der Waals surface area contributed by atoms with Crippen LogP contribution in [0, 0.1) is 5.92 Å². The predicted octanol–water partition coefficient (Wildman–Crippen LogP) is 1.98. The lowest BCUT2D eigenvalue weighted by Crippen LogP contribution is -2.32. The third-order valence-corrected chi connectivity index (χ3v) is 4.12. The number of benzene rings is 1. The van der Waals surface area contributed by atoms with E-state index in [9.17, 15) is 9.59 Å². The number of nitrogens with one attached hydrogen (secondary N) is 1. The van der Waals surface area contributed by atoms with E-state index in [-0.39, 0.29) is 23.6 Å². The van der Waals surface area contributed by atoms with Gasteiger partial charge in [-0.1, -0.05) is 31.2 Å². The second-order valence-corrected chi connectivity index (χ2v) is 5.75. The molecule has 1 heterocycles. The first-order chi connectivity index (χ1) is 11.5. The van der Waals surface area contributed by atoms with Crippen molar-refractivity contribution in [3.63, 3.8) is 0 Å². The average Bonchev–Trinajstić information content (AvgIpc) is 3.06. The molecule has 0 fully saturated rings. The van der Waals surface area contributed by atoms with E-state index in [1.165, 1.54) is 10.9 Å². The summed E-state index contributed by atoms with van der Waals surface area (Å²) in [5, 5.41) is 10.6. The maximum Gasteiger partial charge on any atom is 0.270 e. The number of carbonyl (C=O) groups excluding carboxylic acids is 2. The zero-order chi connectivity index (χ0) is 17.7. The Morgan fingerprint density at radius 1 is 1.21 bits per heavy atom. The highest BCUT2D eigenvalue weighted by Crippen LogP contribution is 2.17. The summed E-state index contributed by atoms with van der Waals surface area (Å²) < 4.78 is 1.48. The molecule has 0 aliphatic heterocycles. The van der Waals surface area contributed by atoms with E-state index >= 15 is 0 Å². The van der Waals surface area contributed by atoms with Crippen molar-refractivity contribution in [3.05, 3.63) is 41.7 Å². The minimum Gasteiger partial charge on any atom is -0.364 e. The zero-order valence-electron chi connectivity index (χ0n) is 14.2. The van der Waals surface area contributed by atoms with Crippen LogP contribution in [0.5, 0.6) is 0 Å². The summed E-state index contributed by atoms with van der Waals surface area (Å²) in [6.07, 6.45) is 3.15. The van der Waals surface area contributed by atoms with Gasteiger partial charge in [0, 0.05) is 5.92 Å². The standard InChI is InChI=1S/C17H23N5O2/c1-4-12(5-2)17(24)19-11(3)13-6-8-14(9-7-13)22-10-15(16(18)23)20-21-22/h6-12H,4-5H2,1-3H3,(H2,18,23)(H,19,24)/t11-/m0/s1. The van der Waals surface area contributed by atoms with Crippen LogP contribution >= 0.6 is 0 Å². The molecule has 0 aliphatic rings. The average molecular weight is 329 g/mol. The minimum atomic E-state index is -0.615. The Bertz CT molecular complexity index is 704. The van der Waals surface area contributed by atoms with Gasteiger partial charge < -0.3 is 11.1 Å². The Labute approximate surface area is 141 Å². The van der Waals surface area contributed by atoms with Crippen molar-refractivity contribution in [3.8, 4) is 5.69 Å². The van der Waals surface area contributed by atoms with Crippen molar-refractivity contribution in [2.75, 3.05) is 0 Å². The van der Waals surface area contributed by atoms with Crippen molar-refractivity contribution >= 4 is 11.8 Å². The molecule has 0 aliphatic carbocycles. The molecule has 2 amide bonds. The van der Waals surface area contributed by atoms with Crippen LogP contribution in [0.15, 0.2) is 30.5 Å². The molecule has 0 bridgehead atoms. The van der Waals surface area contributed by atoms with Crippen molar-refractivity contribution in [1.29, 1.82) is 0 Å². The van der Waals surface area contributed by atoms with E-state index in [2.05, 4.69) is 15.6 Å². The molecule has 1 atom stereocenters. The highest BCUT2D eigenvalue weighted by molar-refractivity contribution is 5.90. The molecule has 7 heteroatoms. The molecule has 2 aromatic rings. The van der Waals surface area contributed by atoms with Gasteiger partial charge in [-0.3, -0.25) is 9.59 Å². The largest absolute Gasteiger partial charge is 0.364 e. The van der Waals surface area contributed by atoms with Crippen LogP contribution in [0.1, 0.15) is 55.7 Å². The van der Waals surface area contributed by atoms with Gasteiger partial charge in [0.15, 0.2) is 5.69 Å². The highest BCUT2D eigenvalue weighted by Gasteiger charge is 2.17. The van der Waals surface area contributed by atoms with E-state index in [1.807, 2.05) is 45.0 Å². The van der Waals surface area contributed by atoms with Crippen molar-refractivity contribution in [2.24, 2.45) is 11.7 Å². The van der Waals surface area contributed by atoms with Crippen LogP contribution in [-0.2, 0) is 4.79 Å². The van der Waals surface area contributed by atoms with Crippen LogP contribution in [0.2, 0.25) is 0 Å². The summed E-state index contributed by atoms with van der Waals surface area (Å²) in [4.78, 5) is 23.2. The Balaban J connectivity index is 2.08. The van der Waals surface area contributed by atoms with Crippen LogP contribution in [0.4, 0.5) is 0 Å². The summed E-state index contributed by atoms with van der Waals surface area (Å²) in [5.41, 5.74) is 7.04. The lowest BCUT2D eigenvalue weighted by molar-refractivity contribution is -0.125. The smallest absolute Gasteiger partial charge is 0.270 e. The van der Waals surface area contributed by atoms with Crippen molar-refractivity contribution in [2.45, 2.75) is 39.7 Å². The molecule has 0 unspecified atom stereocenters. The molecule has 1 aromatic carbocycles. The number of aromatic nitrogens is 3. The Morgan fingerprint density at radius 2 is 1.83 bits per heavy atom. The summed E-state index contributed by atoms with van der Waals surface area (Å²) in [6, 6.07) is 7.46. The van der Waals surface area contributed by atoms with Gasteiger partial charge in [0.05, 0.1) is 17.9 Å². The Morgan fingerprint density at radius 3 is 2.33 bits per heavy atom. The molecule has 2 rings (SSSR count). The number of hydrogen-bond acceptors (Lipinski definition) is 4. The van der Waals surface area contributed by atoms with Gasteiger partial charge in [0.2, 0.25) is 5.91 Å². The van der Waals surface area contributed by atoms with Gasteiger partial charge >= 0.3 is 0 Å². The maximum atomic E-state index is 12.2. The molecule has 1 aromatic heterocycles. The molecule has 3 N–H and O–H groups in total. The molecule has 7 nitrogen and oxygen atoms in total. The monoisotopic (exact) mass is 329 g/mol. The van der Waals surface area contributed by atoms with E-state index < -0.39 is 5.91 Å². The Kier molecular flexibility index (Phi) is 5.68. The molecule has 0 radical (unpaired) electrons. The molecular weight excluding hydrogens is 306 g/mol. The zero-order valence-corrected chi connectivity index (χ0v) is 14.2. The topological polar surface area (TPSA) is 103 Å². The van der Waals surface area contributed by atoms with Crippen LogP contribution in [0.25, 0.3) is 5.69 Å². The minimum absolute atomic E-state index is 0.0501. The van der Waals surface area contributed by atoms with Gasteiger partial charge in [-0.2, -0.15) is 0 Å². The molecule has 0 spiro atoms. The van der Waals surface area contributed by atoms with Crippen molar-refractivity contribution < 1.29 is 9.59 Å². The lowest BCUT2D eigenvalue weighted by Gasteiger charge is -2.18. The number of amides is 2. The first kappa shape index (κ1) is 17.7. The SMILES string of the molecule is CCC(CC)C(=O)N[C@@H](C)c1ccc(-n2cc(C(N)=O)nn2)cc1. The van der Waals surface area contributed by atoms with Crippen molar-refractivity contribution in [1.82, 2.24) is 20.3 Å². The second kappa shape index (κ2) is 7.72. The molecule has 24 heavy (non-hydrogen) atoms. The summed E-state index contributed by atoms with van der Waals surface area (Å²) >= 11 is 0. The van der Waals surface area contributed by atoms with Crippen LogP contribution in [-0.4, -0.2) is 26.8 Å². The number of rotatable bonds is 7. The van der Waals surface area contributed by atoms with Gasteiger partial charge in [-0.15, -0.1) is 5.10 Å². The fourth-order valence-electron chi connectivity index (χ4n) is 2.49. The normalized spacial score (nSPS) is 12.2. The van der Waals surface area contributed by atoms with E-state index in [1.54, 1.807) is 0 Å². The second-order valence-electron chi connectivity index (χ2n) is 5.75. The maximum absolute atomic E-state index is 12.2. The van der Waals surface area contributed by atoms with Crippen LogP contribution in [0.3, 0.4) is 0 Å². The number of hydrogen-bond donors (Lipinski definition) is 2. The van der Waals surface area contributed by atoms with E-state index in [4.69, 9.17) is 5.73 Å². The fourth-order valence-corrected chi connectivity index (χ4v) is 2.49. The third kappa shape index (κ3) is 3.98. The van der Waals surface area contributed by atoms with E-state index in [0.717, 1.165) is 24.1 Å². The van der Waals surface area contributed by atoms with Gasteiger partial charge in [0.25, 0.3) is 5.91 Å². The van der Waals surface area contributed by atoms with Crippen LogP contribution < -0.4 is 11.1 Å².